The minimum atomic E-state index is -0.572. The molecule has 0 unspecified atom stereocenters. The van der Waals surface area contributed by atoms with E-state index in [1.165, 1.54) is 0 Å². The predicted molar refractivity (Wildman–Crippen MR) is 152 cm³/mol. The molecule has 0 saturated carbocycles. The van der Waals surface area contributed by atoms with Crippen molar-refractivity contribution >= 4 is 61.1 Å². The normalized spacial score (nSPS) is 11.3. The SMILES string of the molecule is CCOC(=O)c1nc(I)c2c(-c3ccccc3)noc2c1OCc1c2ccccc2cc2ccccc12. The Morgan fingerprint density at radius 3 is 2.24 bits per heavy atom. The van der Waals surface area contributed by atoms with Gasteiger partial charge in [-0.25, -0.2) is 9.78 Å². The van der Waals surface area contributed by atoms with Crippen LogP contribution in [-0.4, -0.2) is 22.7 Å². The Kier molecular flexibility index (Phi) is 6.21. The van der Waals surface area contributed by atoms with E-state index < -0.39 is 5.97 Å². The third kappa shape index (κ3) is 4.19. The summed E-state index contributed by atoms with van der Waals surface area (Å²) in [5.74, 6) is -0.349. The first-order valence-corrected chi connectivity index (χ1v) is 13.0. The van der Waals surface area contributed by atoms with Gasteiger partial charge in [0.1, 0.15) is 16.0 Å². The monoisotopic (exact) mass is 600 g/mol. The van der Waals surface area contributed by atoms with Crippen molar-refractivity contribution in [3.63, 3.8) is 0 Å². The molecule has 182 valence electrons. The molecular weight excluding hydrogens is 579 g/mol. The lowest BCUT2D eigenvalue weighted by Gasteiger charge is -2.15. The van der Waals surface area contributed by atoms with Gasteiger partial charge in [-0.3, -0.25) is 0 Å². The van der Waals surface area contributed by atoms with Gasteiger partial charge < -0.3 is 14.0 Å². The molecule has 2 aromatic heterocycles. The first kappa shape index (κ1) is 23.4. The van der Waals surface area contributed by atoms with E-state index in [2.05, 4.69) is 63.1 Å². The Morgan fingerprint density at radius 2 is 1.57 bits per heavy atom. The lowest BCUT2D eigenvalue weighted by atomic mass is 9.97. The standard InChI is InChI=1S/C30H21IN2O4/c1-2-35-30(34)26-28(27-24(29(31)32-26)25(33-37-27)18-10-4-3-5-11-18)36-17-23-21-14-8-6-12-19(21)16-20-13-7-9-15-22(20)23/h3-16H,2,17H2,1H3. The number of benzene rings is 4. The van der Waals surface area contributed by atoms with Crippen molar-refractivity contribution in [3.8, 4) is 17.0 Å². The maximum atomic E-state index is 12.9. The number of rotatable bonds is 6. The maximum Gasteiger partial charge on any atom is 0.361 e. The van der Waals surface area contributed by atoms with Crippen molar-refractivity contribution < 1.29 is 18.8 Å². The summed E-state index contributed by atoms with van der Waals surface area (Å²) in [6, 6.07) is 28.3. The lowest BCUT2D eigenvalue weighted by molar-refractivity contribution is 0.0513. The molecule has 0 aliphatic carbocycles. The van der Waals surface area contributed by atoms with Crippen LogP contribution >= 0.6 is 22.6 Å². The minimum Gasteiger partial charge on any atom is -0.482 e. The first-order valence-electron chi connectivity index (χ1n) is 11.9. The summed E-state index contributed by atoms with van der Waals surface area (Å²) < 4.78 is 18.1. The number of halogens is 1. The summed E-state index contributed by atoms with van der Waals surface area (Å²) in [4.78, 5) is 17.5. The number of carbonyl (C=O) groups is 1. The molecule has 2 heterocycles. The highest BCUT2D eigenvalue weighted by molar-refractivity contribution is 14.1. The zero-order valence-electron chi connectivity index (χ0n) is 19.9. The van der Waals surface area contributed by atoms with Crippen molar-refractivity contribution in [1.82, 2.24) is 10.1 Å². The molecular formula is C30H21IN2O4. The largest absolute Gasteiger partial charge is 0.482 e. The Hall–Kier alpha value is -3.98. The molecule has 0 saturated heterocycles. The summed E-state index contributed by atoms with van der Waals surface area (Å²) in [5.41, 5.74) is 2.97. The molecule has 0 N–H and O–H groups in total. The highest BCUT2D eigenvalue weighted by Crippen LogP contribution is 2.39. The second-order valence-electron chi connectivity index (χ2n) is 8.49. The highest BCUT2D eigenvalue weighted by Gasteiger charge is 2.27. The molecule has 6 aromatic rings. The van der Waals surface area contributed by atoms with Gasteiger partial charge in [0.15, 0.2) is 11.4 Å². The van der Waals surface area contributed by atoms with E-state index in [9.17, 15) is 4.79 Å². The second kappa shape index (κ2) is 9.82. The van der Waals surface area contributed by atoms with Crippen LogP contribution in [-0.2, 0) is 11.3 Å². The Labute approximate surface area is 226 Å². The summed E-state index contributed by atoms with van der Waals surface area (Å²) in [5, 5.41) is 9.41. The van der Waals surface area contributed by atoms with Gasteiger partial charge in [-0.15, -0.1) is 0 Å². The second-order valence-corrected chi connectivity index (χ2v) is 9.51. The Morgan fingerprint density at radius 1 is 0.919 bits per heavy atom. The van der Waals surface area contributed by atoms with Crippen molar-refractivity contribution in [3.05, 3.63) is 99.9 Å². The maximum absolute atomic E-state index is 12.9. The molecule has 0 fully saturated rings. The number of ether oxygens (including phenoxy) is 2. The van der Waals surface area contributed by atoms with Gasteiger partial charge in [-0.1, -0.05) is 84.0 Å². The van der Waals surface area contributed by atoms with Crippen LogP contribution < -0.4 is 4.74 Å². The minimum absolute atomic E-state index is 0.0686. The summed E-state index contributed by atoms with van der Waals surface area (Å²) in [6.07, 6.45) is 0. The average Bonchev–Trinajstić information content (AvgIpc) is 3.38. The molecule has 0 spiro atoms. The quantitative estimate of drug-likeness (QED) is 0.0851. The molecule has 0 amide bonds. The van der Waals surface area contributed by atoms with Crippen molar-refractivity contribution in [2.45, 2.75) is 13.5 Å². The first-order chi connectivity index (χ1) is 18.2. The van der Waals surface area contributed by atoms with Crippen LogP contribution in [0.15, 0.2) is 89.5 Å². The van der Waals surface area contributed by atoms with Gasteiger partial charge in [-0.2, -0.15) is 0 Å². The summed E-state index contributed by atoms with van der Waals surface area (Å²) in [7, 11) is 0. The third-order valence-electron chi connectivity index (χ3n) is 6.29. The molecule has 7 heteroatoms. The van der Waals surface area contributed by atoms with E-state index in [1.807, 2.05) is 54.6 Å². The molecule has 0 aliphatic rings. The molecule has 0 radical (unpaired) electrons. The van der Waals surface area contributed by atoms with Crippen LogP contribution in [0.1, 0.15) is 23.0 Å². The van der Waals surface area contributed by atoms with Gasteiger partial charge >= 0.3 is 5.97 Å². The summed E-state index contributed by atoms with van der Waals surface area (Å²) >= 11 is 2.10. The lowest BCUT2D eigenvalue weighted by Crippen LogP contribution is -2.12. The van der Waals surface area contributed by atoms with Crippen LogP contribution in [0.5, 0.6) is 5.75 Å². The van der Waals surface area contributed by atoms with Gasteiger partial charge in [-0.05, 0) is 57.1 Å². The third-order valence-corrected chi connectivity index (χ3v) is 7.07. The smallest absolute Gasteiger partial charge is 0.361 e. The molecule has 6 rings (SSSR count). The van der Waals surface area contributed by atoms with E-state index in [1.54, 1.807) is 6.92 Å². The number of aromatic nitrogens is 2. The fraction of sp³-hybridized carbons (Fsp3) is 0.100. The number of carbonyl (C=O) groups excluding carboxylic acids is 1. The molecule has 0 atom stereocenters. The number of fused-ring (bicyclic) bond motifs is 3. The topological polar surface area (TPSA) is 74.5 Å². The van der Waals surface area contributed by atoms with Crippen LogP contribution in [0.4, 0.5) is 0 Å². The zero-order valence-corrected chi connectivity index (χ0v) is 22.1. The van der Waals surface area contributed by atoms with E-state index in [-0.39, 0.29) is 24.7 Å². The van der Waals surface area contributed by atoms with Crippen LogP contribution in [0.3, 0.4) is 0 Å². The number of hydrogen-bond acceptors (Lipinski definition) is 6. The van der Waals surface area contributed by atoms with E-state index in [0.717, 1.165) is 32.7 Å². The zero-order chi connectivity index (χ0) is 25.4. The molecule has 6 nitrogen and oxygen atoms in total. The van der Waals surface area contributed by atoms with Crippen LogP contribution in [0.25, 0.3) is 43.8 Å². The Balaban J connectivity index is 1.53. The average molecular weight is 600 g/mol. The van der Waals surface area contributed by atoms with Crippen molar-refractivity contribution in [1.29, 1.82) is 0 Å². The fourth-order valence-electron chi connectivity index (χ4n) is 4.62. The Bertz CT molecular complexity index is 1730. The van der Waals surface area contributed by atoms with Gasteiger partial charge in [0.25, 0.3) is 0 Å². The molecule has 0 bridgehead atoms. The highest BCUT2D eigenvalue weighted by atomic mass is 127. The molecule has 37 heavy (non-hydrogen) atoms. The van der Waals surface area contributed by atoms with Crippen molar-refractivity contribution in [2.75, 3.05) is 6.61 Å². The summed E-state index contributed by atoms with van der Waals surface area (Å²) in [6.45, 7) is 2.17. The van der Waals surface area contributed by atoms with Gasteiger partial charge in [0, 0.05) is 11.1 Å². The molecule has 4 aromatic carbocycles. The fourth-order valence-corrected chi connectivity index (χ4v) is 5.36. The van der Waals surface area contributed by atoms with Crippen LogP contribution in [0, 0.1) is 3.70 Å². The van der Waals surface area contributed by atoms with E-state index >= 15 is 0 Å². The number of nitrogens with zero attached hydrogens (tertiary/aromatic N) is 2. The van der Waals surface area contributed by atoms with Gasteiger partial charge in [0.2, 0.25) is 5.58 Å². The predicted octanol–water partition coefficient (Wildman–Crippen LogP) is 7.56. The van der Waals surface area contributed by atoms with Gasteiger partial charge in [0.05, 0.1) is 12.0 Å². The van der Waals surface area contributed by atoms with Crippen molar-refractivity contribution in [2.24, 2.45) is 0 Å². The van der Waals surface area contributed by atoms with E-state index in [0.29, 0.717) is 20.4 Å². The number of hydrogen-bond donors (Lipinski definition) is 0. The molecule has 0 aliphatic heterocycles. The van der Waals surface area contributed by atoms with E-state index in [4.69, 9.17) is 14.0 Å². The number of esters is 1. The number of pyridine rings is 1. The van der Waals surface area contributed by atoms with Crippen LogP contribution in [0.2, 0.25) is 0 Å².